The second kappa shape index (κ2) is 8.14. The van der Waals surface area contributed by atoms with Crippen LogP contribution in [-0.2, 0) is 16.6 Å². The Labute approximate surface area is 176 Å². The standard InChI is InChI=1S/C23H22N4O2S/c1-26(20-12-6-3-7-13-20)17-19-16-22(18-10-4-2-5-11-18)27(25-19)21-14-8-9-15-23(21)30(24,28)29/h2-16H,17H2,1H3,(H2,24,28,29). The van der Waals surface area contributed by atoms with Crippen molar-refractivity contribution in [3.63, 3.8) is 0 Å². The number of hydrogen-bond donors (Lipinski definition) is 1. The van der Waals surface area contributed by atoms with Crippen LogP contribution in [0.2, 0.25) is 0 Å². The minimum Gasteiger partial charge on any atom is -0.369 e. The molecule has 30 heavy (non-hydrogen) atoms. The zero-order chi connectivity index (χ0) is 21.1. The van der Waals surface area contributed by atoms with Crippen molar-refractivity contribution in [3.8, 4) is 16.9 Å². The Morgan fingerprint density at radius 3 is 2.17 bits per heavy atom. The molecule has 0 saturated carbocycles. The summed E-state index contributed by atoms with van der Waals surface area (Å²) in [5.74, 6) is 0. The van der Waals surface area contributed by atoms with Crippen molar-refractivity contribution in [3.05, 3.63) is 96.7 Å². The first-order chi connectivity index (χ1) is 14.4. The summed E-state index contributed by atoms with van der Waals surface area (Å²) < 4.78 is 26.0. The van der Waals surface area contributed by atoms with Crippen LogP contribution >= 0.6 is 0 Å². The fourth-order valence-corrected chi connectivity index (χ4v) is 4.11. The maximum absolute atomic E-state index is 12.2. The molecule has 3 aromatic carbocycles. The zero-order valence-corrected chi connectivity index (χ0v) is 17.3. The normalized spacial score (nSPS) is 11.4. The molecule has 4 rings (SSSR count). The van der Waals surface area contributed by atoms with Crippen molar-refractivity contribution in [2.45, 2.75) is 11.4 Å². The van der Waals surface area contributed by atoms with Crippen molar-refractivity contribution >= 4 is 15.7 Å². The molecule has 152 valence electrons. The number of benzene rings is 3. The molecule has 6 nitrogen and oxygen atoms in total. The van der Waals surface area contributed by atoms with Crippen LogP contribution in [0.5, 0.6) is 0 Å². The van der Waals surface area contributed by atoms with Gasteiger partial charge in [0.15, 0.2) is 0 Å². The van der Waals surface area contributed by atoms with Crippen LogP contribution in [-0.4, -0.2) is 25.2 Å². The summed E-state index contributed by atoms with van der Waals surface area (Å²) in [5, 5.41) is 10.2. The van der Waals surface area contributed by atoms with Crippen molar-refractivity contribution < 1.29 is 8.42 Å². The lowest BCUT2D eigenvalue weighted by Gasteiger charge is -2.17. The quantitative estimate of drug-likeness (QED) is 0.516. The van der Waals surface area contributed by atoms with Gasteiger partial charge in [0.05, 0.1) is 23.6 Å². The molecule has 0 aliphatic heterocycles. The summed E-state index contributed by atoms with van der Waals surface area (Å²) in [5.41, 5.74) is 4.03. The molecule has 2 N–H and O–H groups in total. The van der Waals surface area contributed by atoms with E-state index in [1.54, 1.807) is 22.9 Å². The number of nitrogens with zero attached hydrogens (tertiary/aromatic N) is 3. The fraction of sp³-hybridized carbons (Fsp3) is 0.0870. The Kier molecular flexibility index (Phi) is 5.39. The van der Waals surface area contributed by atoms with E-state index in [9.17, 15) is 8.42 Å². The highest BCUT2D eigenvalue weighted by molar-refractivity contribution is 7.89. The van der Waals surface area contributed by atoms with Gasteiger partial charge in [-0.05, 0) is 30.3 Å². The number of primary sulfonamides is 1. The molecule has 1 heterocycles. The van der Waals surface area contributed by atoms with Gasteiger partial charge in [0.25, 0.3) is 0 Å². The van der Waals surface area contributed by atoms with Crippen LogP contribution in [0.3, 0.4) is 0 Å². The molecule has 0 spiro atoms. The Bertz CT molecular complexity index is 1250. The molecule has 0 aliphatic rings. The second-order valence-corrected chi connectivity index (χ2v) is 8.53. The second-order valence-electron chi connectivity index (χ2n) is 7.00. The van der Waals surface area contributed by atoms with E-state index in [1.165, 1.54) is 6.07 Å². The highest BCUT2D eigenvalue weighted by Crippen LogP contribution is 2.28. The van der Waals surface area contributed by atoms with Gasteiger partial charge >= 0.3 is 0 Å². The van der Waals surface area contributed by atoms with Crippen molar-refractivity contribution in [2.24, 2.45) is 5.14 Å². The van der Waals surface area contributed by atoms with E-state index in [0.29, 0.717) is 12.2 Å². The number of rotatable bonds is 6. The third-order valence-corrected chi connectivity index (χ3v) is 5.78. The van der Waals surface area contributed by atoms with Crippen LogP contribution in [0.25, 0.3) is 16.9 Å². The van der Waals surface area contributed by atoms with E-state index in [2.05, 4.69) is 4.90 Å². The smallest absolute Gasteiger partial charge is 0.240 e. The summed E-state index contributed by atoms with van der Waals surface area (Å²) in [6.45, 7) is 0.564. The van der Waals surface area contributed by atoms with Gasteiger partial charge < -0.3 is 4.90 Å². The molecule has 0 radical (unpaired) electrons. The molecule has 4 aromatic rings. The van der Waals surface area contributed by atoms with Crippen LogP contribution < -0.4 is 10.0 Å². The van der Waals surface area contributed by atoms with Crippen molar-refractivity contribution in [1.82, 2.24) is 9.78 Å². The molecular formula is C23H22N4O2S. The zero-order valence-electron chi connectivity index (χ0n) is 16.5. The fourth-order valence-electron chi connectivity index (χ4n) is 3.40. The first-order valence-electron chi connectivity index (χ1n) is 9.46. The molecule has 0 unspecified atom stereocenters. The number of aromatic nitrogens is 2. The maximum Gasteiger partial charge on any atom is 0.240 e. The van der Waals surface area contributed by atoms with Crippen LogP contribution in [0.4, 0.5) is 5.69 Å². The number of sulfonamides is 1. The number of para-hydroxylation sites is 2. The summed E-state index contributed by atoms with van der Waals surface area (Å²) in [6, 6.07) is 28.4. The third kappa shape index (κ3) is 4.12. The van der Waals surface area contributed by atoms with Gasteiger partial charge in [0, 0.05) is 18.3 Å². The average molecular weight is 419 g/mol. The van der Waals surface area contributed by atoms with Gasteiger partial charge in [-0.25, -0.2) is 18.2 Å². The number of hydrogen-bond acceptors (Lipinski definition) is 4. The summed E-state index contributed by atoms with van der Waals surface area (Å²) in [4.78, 5) is 2.13. The van der Waals surface area contributed by atoms with Crippen LogP contribution in [0.1, 0.15) is 5.69 Å². The van der Waals surface area contributed by atoms with Gasteiger partial charge in [-0.15, -0.1) is 0 Å². The highest BCUT2D eigenvalue weighted by Gasteiger charge is 2.20. The van der Waals surface area contributed by atoms with Gasteiger partial charge in [0.1, 0.15) is 4.90 Å². The van der Waals surface area contributed by atoms with Crippen LogP contribution in [0.15, 0.2) is 95.9 Å². The van der Waals surface area contributed by atoms with E-state index in [1.807, 2.05) is 73.8 Å². The molecule has 0 saturated heterocycles. The predicted octanol–water partition coefficient (Wildman–Crippen LogP) is 3.82. The Morgan fingerprint density at radius 1 is 0.900 bits per heavy atom. The van der Waals surface area contributed by atoms with E-state index in [-0.39, 0.29) is 4.90 Å². The minimum atomic E-state index is -3.91. The van der Waals surface area contributed by atoms with E-state index in [0.717, 1.165) is 22.6 Å². The van der Waals surface area contributed by atoms with Gasteiger partial charge in [-0.2, -0.15) is 5.10 Å². The Hall–Kier alpha value is -3.42. The number of nitrogens with two attached hydrogens (primary N) is 1. The minimum absolute atomic E-state index is 0.0354. The van der Waals surface area contributed by atoms with Crippen molar-refractivity contribution in [1.29, 1.82) is 0 Å². The summed E-state index contributed by atoms with van der Waals surface area (Å²) in [7, 11) is -1.91. The van der Waals surface area contributed by atoms with E-state index >= 15 is 0 Å². The maximum atomic E-state index is 12.2. The molecule has 1 aromatic heterocycles. The molecular weight excluding hydrogens is 396 g/mol. The summed E-state index contributed by atoms with van der Waals surface area (Å²) >= 11 is 0. The average Bonchev–Trinajstić information content (AvgIpc) is 3.18. The molecule has 0 atom stereocenters. The van der Waals surface area contributed by atoms with E-state index in [4.69, 9.17) is 10.2 Å². The predicted molar refractivity (Wildman–Crippen MR) is 119 cm³/mol. The van der Waals surface area contributed by atoms with Gasteiger partial charge in [0.2, 0.25) is 10.0 Å². The SMILES string of the molecule is CN(Cc1cc(-c2ccccc2)n(-c2ccccc2S(N)(=O)=O)n1)c1ccccc1. The monoisotopic (exact) mass is 418 g/mol. The lowest BCUT2D eigenvalue weighted by Crippen LogP contribution is -2.17. The molecule has 0 fully saturated rings. The Morgan fingerprint density at radius 2 is 1.50 bits per heavy atom. The van der Waals surface area contributed by atoms with E-state index < -0.39 is 10.0 Å². The topological polar surface area (TPSA) is 81.2 Å². The molecule has 0 bridgehead atoms. The van der Waals surface area contributed by atoms with Gasteiger partial charge in [-0.3, -0.25) is 0 Å². The lowest BCUT2D eigenvalue weighted by atomic mass is 10.1. The van der Waals surface area contributed by atoms with Gasteiger partial charge in [-0.1, -0.05) is 60.7 Å². The van der Waals surface area contributed by atoms with Crippen LogP contribution in [0, 0.1) is 0 Å². The first-order valence-corrected chi connectivity index (χ1v) is 11.0. The molecule has 0 aliphatic carbocycles. The lowest BCUT2D eigenvalue weighted by molar-refractivity contribution is 0.596. The third-order valence-electron chi connectivity index (χ3n) is 4.83. The first kappa shape index (κ1) is 19.9. The highest BCUT2D eigenvalue weighted by atomic mass is 32.2. The Balaban J connectivity index is 1.83. The summed E-state index contributed by atoms with van der Waals surface area (Å²) in [6.07, 6.45) is 0. The number of anilines is 1. The molecule has 7 heteroatoms. The molecule has 0 amide bonds. The van der Waals surface area contributed by atoms with Crippen molar-refractivity contribution in [2.75, 3.05) is 11.9 Å². The largest absolute Gasteiger partial charge is 0.369 e.